The first-order chi connectivity index (χ1) is 7.85. The molecule has 0 bridgehead atoms. The molecule has 0 radical (unpaired) electrons. The maximum Gasteiger partial charge on any atom is 0.139 e. The zero-order valence-electron chi connectivity index (χ0n) is 9.14. The van der Waals surface area contributed by atoms with Crippen LogP contribution in [0, 0.1) is 0 Å². The summed E-state index contributed by atoms with van der Waals surface area (Å²) in [6.07, 6.45) is 6.46. The van der Waals surface area contributed by atoms with Crippen molar-refractivity contribution >= 4 is 5.82 Å². The third-order valence-corrected chi connectivity index (χ3v) is 2.51. The third kappa shape index (κ3) is 2.01. The Labute approximate surface area is 94.5 Å². The number of hydrazine groups is 1. The molecule has 82 valence electrons. The van der Waals surface area contributed by atoms with E-state index in [0.29, 0.717) is 5.82 Å². The summed E-state index contributed by atoms with van der Waals surface area (Å²) in [6, 6.07) is 5.86. The summed E-state index contributed by atoms with van der Waals surface area (Å²) < 4.78 is 0. The van der Waals surface area contributed by atoms with Crippen LogP contribution in [0.25, 0.3) is 11.1 Å². The van der Waals surface area contributed by atoms with Gasteiger partial charge in [0, 0.05) is 24.2 Å². The van der Waals surface area contributed by atoms with Crippen molar-refractivity contribution in [2.75, 3.05) is 5.43 Å². The van der Waals surface area contributed by atoms with Crippen molar-refractivity contribution in [3.8, 4) is 11.1 Å². The number of nitrogens with one attached hydrogen (secondary N) is 1. The number of nitrogen functional groups attached to an aromatic ring is 1. The van der Waals surface area contributed by atoms with Gasteiger partial charge < -0.3 is 5.43 Å². The van der Waals surface area contributed by atoms with Crippen molar-refractivity contribution in [1.82, 2.24) is 9.97 Å². The van der Waals surface area contributed by atoms with E-state index in [1.165, 1.54) is 11.1 Å². The summed E-state index contributed by atoms with van der Waals surface area (Å²) in [5.74, 6) is 5.93. The number of nitrogens with two attached hydrogens (primary N) is 1. The van der Waals surface area contributed by atoms with E-state index in [4.69, 9.17) is 5.84 Å². The van der Waals surface area contributed by atoms with Crippen LogP contribution in [0.4, 0.5) is 5.82 Å². The molecule has 0 saturated carbocycles. The van der Waals surface area contributed by atoms with Gasteiger partial charge >= 0.3 is 0 Å². The number of hydrogen-bond acceptors (Lipinski definition) is 4. The molecular formula is C12H14N4. The number of anilines is 1. The lowest BCUT2D eigenvalue weighted by Crippen LogP contribution is -2.07. The highest BCUT2D eigenvalue weighted by Crippen LogP contribution is 2.23. The molecule has 0 aliphatic carbocycles. The van der Waals surface area contributed by atoms with Crippen LogP contribution in [-0.2, 0) is 6.42 Å². The molecule has 2 rings (SSSR count). The zero-order chi connectivity index (χ0) is 11.4. The molecule has 2 heterocycles. The summed E-state index contributed by atoms with van der Waals surface area (Å²) >= 11 is 0. The monoisotopic (exact) mass is 214 g/mol. The Balaban J connectivity index is 2.42. The molecule has 2 aromatic rings. The van der Waals surface area contributed by atoms with Crippen LogP contribution in [-0.4, -0.2) is 9.97 Å². The number of aromatic nitrogens is 2. The SMILES string of the molecule is CCc1cnccc1-c1ccc(NN)nc1. The van der Waals surface area contributed by atoms with Gasteiger partial charge in [0.05, 0.1) is 0 Å². The predicted molar refractivity (Wildman–Crippen MR) is 64.7 cm³/mol. The van der Waals surface area contributed by atoms with Gasteiger partial charge in [-0.15, -0.1) is 0 Å². The van der Waals surface area contributed by atoms with Crippen LogP contribution in [0.2, 0.25) is 0 Å². The van der Waals surface area contributed by atoms with Crippen LogP contribution in [0.1, 0.15) is 12.5 Å². The van der Waals surface area contributed by atoms with Crippen LogP contribution in [0.3, 0.4) is 0 Å². The molecule has 4 heteroatoms. The van der Waals surface area contributed by atoms with E-state index < -0.39 is 0 Å². The molecule has 4 nitrogen and oxygen atoms in total. The Morgan fingerprint density at radius 2 is 2.12 bits per heavy atom. The van der Waals surface area contributed by atoms with Gasteiger partial charge in [-0.25, -0.2) is 10.8 Å². The molecule has 3 N–H and O–H groups in total. The zero-order valence-corrected chi connectivity index (χ0v) is 9.14. The average molecular weight is 214 g/mol. The van der Waals surface area contributed by atoms with E-state index in [9.17, 15) is 0 Å². The molecule has 0 amide bonds. The molecule has 2 aromatic heterocycles. The van der Waals surface area contributed by atoms with Crippen molar-refractivity contribution in [2.24, 2.45) is 5.84 Å². The molecule has 0 atom stereocenters. The highest BCUT2D eigenvalue weighted by Gasteiger charge is 2.03. The van der Waals surface area contributed by atoms with Crippen molar-refractivity contribution in [3.63, 3.8) is 0 Å². The van der Waals surface area contributed by atoms with Crippen LogP contribution in [0.5, 0.6) is 0 Å². The summed E-state index contributed by atoms with van der Waals surface area (Å²) in [5.41, 5.74) is 5.99. The van der Waals surface area contributed by atoms with Crippen LogP contribution < -0.4 is 11.3 Å². The molecule has 16 heavy (non-hydrogen) atoms. The largest absolute Gasteiger partial charge is 0.308 e. The highest BCUT2D eigenvalue weighted by atomic mass is 15.2. The summed E-state index contributed by atoms with van der Waals surface area (Å²) in [5, 5.41) is 0. The number of pyridine rings is 2. The third-order valence-electron chi connectivity index (χ3n) is 2.51. The number of nitrogens with zero attached hydrogens (tertiary/aromatic N) is 2. The van der Waals surface area contributed by atoms with E-state index in [2.05, 4.69) is 22.3 Å². The Hall–Kier alpha value is -1.94. The van der Waals surface area contributed by atoms with Crippen LogP contribution in [0.15, 0.2) is 36.8 Å². The summed E-state index contributed by atoms with van der Waals surface area (Å²) in [6.45, 7) is 2.11. The number of aryl methyl sites for hydroxylation is 1. The van der Waals surface area contributed by atoms with E-state index >= 15 is 0 Å². The van der Waals surface area contributed by atoms with Gasteiger partial charge in [-0.1, -0.05) is 6.92 Å². The van der Waals surface area contributed by atoms with Crippen molar-refractivity contribution in [1.29, 1.82) is 0 Å². The topological polar surface area (TPSA) is 63.8 Å². The van der Waals surface area contributed by atoms with E-state index in [1.54, 1.807) is 6.20 Å². The predicted octanol–water partition coefficient (Wildman–Crippen LogP) is 1.99. The van der Waals surface area contributed by atoms with Gasteiger partial charge in [-0.2, -0.15) is 0 Å². The quantitative estimate of drug-likeness (QED) is 0.606. The minimum atomic E-state index is 0.663. The van der Waals surface area contributed by atoms with Gasteiger partial charge in [0.1, 0.15) is 5.82 Å². The Bertz CT molecular complexity index is 465. The van der Waals surface area contributed by atoms with Crippen molar-refractivity contribution in [2.45, 2.75) is 13.3 Å². The van der Waals surface area contributed by atoms with Gasteiger partial charge in [0.15, 0.2) is 0 Å². The molecule has 0 spiro atoms. The average Bonchev–Trinajstić information content (AvgIpc) is 2.39. The maximum atomic E-state index is 5.27. The van der Waals surface area contributed by atoms with Gasteiger partial charge in [-0.05, 0) is 35.7 Å². The lowest BCUT2D eigenvalue weighted by Gasteiger charge is -2.07. The maximum absolute atomic E-state index is 5.27. The number of hydrogen-bond donors (Lipinski definition) is 2. The lowest BCUT2D eigenvalue weighted by atomic mass is 10.0. The molecule has 0 aliphatic rings. The molecule has 0 fully saturated rings. The van der Waals surface area contributed by atoms with Gasteiger partial charge in [0.2, 0.25) is 0 Å². The molecule has 0 unspecified atom stereocenters. The molecule has 0 saturated heterocycles. The highest BCUT2D eigenvalue weighted by molar-refractivity contribution is 5.66. The Morgan fingerprint density at radius 3 is 2.75 bits per heavy atom. The minimum Gasteiger partial charge on any atom is -0.308 e. The fourth-order valence-electron chi connectivity index (χ4n) is 1.63. The Kier molecular flexibility index (Phi) is 3.12. The normalized spacial score (nSPS) is 10.1. The van der Waals surface area contributed by atoms with Gasteiger partial charge in [0.25, 0.3) is 0 Å². The van der Waals surface area contributed by atoms with E-state index in [0.717, 1.165) is 12.0 Å². The second-order valence-electron chi connectivity index (χ2n) is 3.46. The van der Waals surface area contributed by atoms with Crippen molar-refractivity contribution in [3.05, 3.63) is 42.4 Å². The number of rotatable bonds is 3. The smallest absolute Gasteiger partial charge is 0.139 e. The first kappa shape index (κ1) is 10.6. The first-order valence-corrected chi connectivity index (χ1v) is 5.21. The Morgan fingerprint density at radius 1 is 1.25 bits per heavy atom. The van der Waals surface area contributed by atoms with Crippen molar-refractivity contribution < 1.29 is 0 Å². The standard InChI is InChI=1S/C12H14N4/c1-2-9-7-14-6-5-11(9)10-3-4-12(16-13)15-8-10/h3-8H,2,13H2,1H3,(H,15,16). The summed E-state index contributed by atoms with van der Waals surface area (Å²) in [4.78, 5) is 8.32. The van der Waals surface area contributed by atoms with Crippen LogP contribution >= 0.6 is 0 Å². The van der Waals surface area contributed by atoms with E-state index in [-0.39, 0.29) is 0 Å². The minimum absolute atomic E-state index is 0.663. The second kappa shape index (κ2) is 4.72. The molecule has 0 aliphatic heterocycles. The summed E-state index contributed by atoms with van der Waals surface area (Å²) in [7, 11) is 0. The fraction of sp³-hybridized carbons (Fsp3) is 0.167. The molecule has 0 aromatic carbocycles. The lowest BCUT2D eigenvalue weighted by molar-refractivity contribution is 1.10. The van der Waals surface area contributed by atoms with E-state index in [1.807, 2.05) is 30.6 Å². The first-order valence-electron chi connectivity index (χ1n) is 5.21. The fourth-order valence-corrected chi connectivity index (χ4v) is 1.63. The molecular weight excluding hydrogens is 200 g/mol. The second-order valence-corrected chi connectivity index (χ2v) is 3.46. The van der Waals surface area contributed by atoms with Gasteiger partial charge in [-0.3, -0.25) is 4.98 Å².